The number of anilines is 1. The van der Waals surface area contributed by atoms with E-state index in [9.17, 15) is 27.6 Å². The number of nitrogens with zero attached hydrogens (tertiary/aromatic N) is 4. The van der Waals surface area contributed by atoms with Gasteiger partial charge in [-0.25, -0.2) is 9.79 Å². The van der Waals surface area contributed by atoms with Crippen molar-refractivity contribution in [1.29, 1.82) is 0 Å². The van der Waals surface area contributed by atoms with E-state index in [1.165, 1.54) is 24.2 Å². The molecule has 0 radical (unpaired) electrons. The van der Waals surface area contributed by atoms with Crippen LogP contribution < -0.4 is 21.3 Å². The first kappa shape index (κ1) is 39.1. The predicted molar refractivity (Wildman–Crippen MR) is 184 cm³/mol. The van der Waals surface area contributed by atoms with Gasteiger partial charge in [-0.2, -0.15) is 13.2 Å². The molecule has 15 heteroatoms. The highest BCUT2D eigenvalue weighted by atomic mass is 19.4. The second-order valence-corrected chi connectivity index (χ2v) is 12.5. The van der Waals surface area contributed by atoms with Crippen molar-refractivity contribution in [1.82, 2.24) is 30.7 Å². The van der Waals surface area contributed by atoms with Gasteiger partial charge in [-0.3, -0.25) is 14.5 Å². The van der Waals surface area contributed by atoms with Crippen LogP contribution in [0.4, 0.5) is 23.7 Å². The zero-order chi connectivity index (χ0) is 36.2. The van der Waals surface area contributed by atoms with Crippen molar-refractivity contribution in [3.63, 3.8) is 0 Å². The van der Waals surface area contributed by atoms with Crippen molar-refractivity contribution < 1.29 is 32.3 Å². The molecule has 0 aliphatic carbocycles. The third kappa shape index (κ3) is 12.5. The molecule has 1 aromatic rings. The van der Waals surface area contributed by atoms with E-state index in [2.05, 4.69) is 47.4 Å². The van der Waals surface area contributed by atoms with E-state index >= 15 is 0 Å². The first-order chi connectivity index (χ1) is 23.1. The number of hydrogen-bond acceptors (Lipinski definition) is 9. The van der Waals surface area contributed by atoms with Crippen LogP contribution in [0.3, 0.4) is 0 Å². The lowest BCUT2D eigenvalue weighted by atomic mass is 9.76. The molecule has 49 heavy (non-hydrogen) atoms. The van der Waals surface area contributed by atoms with E-state index in [-0.39, 0.29) is 44.1 Å². The monoisotopic (exact) mass is 690 g/mol. The Hall–Kier alpha value is -4.37. The number of halogens is 3. The van der Waals surface area contributed by atoms with Gasteiger partial charge >= 0.3 is 12.3 Å². The molecule has 0 saturated carbocycles. The van der Waals surface area contributed by atoms with Gasteiger partial charge in [0.15, 0.2) is 0 Å². The molecule has 2 heterocycles. The summed E-state index contributed by atoms with van der Waals surface area (Å²) in [5.74, 6) is -0.382. The molecule has 0 spiro atoms. The summed E-state index contributed by atoms with van der Waals surface area (Å²) in [6.07, 6.45) is -0.959. The van der Waals surface area contributed by atoms with Crippen LogP contribution in [0.15, 0.2) is 59.4 Å². The average molecular weight is 691 g/mol. The molecule has 4 N–H and O–H groups in total. The van der Waals surface area contributed by atoms with Gasteiger partial charge in [0, 0.05) is 67.4 Å². The topological polar surface area (TPSA) is 131 Å². The van der Waals surface area contributed by atoms with Crippen LogP contribution in [0, 0.1) is 12.3 Å². The number of carbonyl (C=O) groups excluding carboxylic acids is 3. The second kappa shape index (κ2) is 17.9. The van der Waals surface area contributed by atoms with Crippen LogP contribution in [0.2, 0.25) is 0 Å². The van der Waals surface area contributed by atoms with Crippen LogP contribution in [0.1, 0.15) is 42.1 Å². The van der Waals surface area contributed by atoms with Crippen molar-refractivity contribution in [2.24, 2.45) is 10.4 Å². The summed E-state index contributed by atoms with van der Waals surface area (Å²) in [4.78, 5) is 47.8. The maximum atomic E-state index is 13.9. The number of aryl methyl sites for hydroxylation is 1. The molecule has 12 nitrogen and oxygen atoms in total. The minimum Gasteiger partial charge on any atom is -0.453 e. The zero-order valence-corrected chi connectivity index (χ0v) is 29.0. The molecule has 1 fully saturated rings. The summed E-state index contributed by atoms with van der Waals surface area (Å²) in [5.41, 5.74) is 1.31. The SMILES string of the molecule is C=CCC(/C=C(\C)NC(=O)c1ccc(C)c(NCC(=O)N(C)C2=NCNC(CNC(=O)OC)=C2)c1)(CCN1CCN(C)CC1)CC(F)(F)F. The number of allylic oxidation sites excluding steroid dienone is 3. The highest BCUT2D eigenvalue weighted by Crippen LogP contribution is 2.41. The van der Waals surface area contributed by atoms with Crippen molar-refractivity contribution in [3.8, 4) is 0 Å². The first-order valence-electron chi connectivity index (χ1n) is 16.1. The van der Waals surface area contributed by atoms with E-state index < -0.39 is 30.0 Å². The van der Waals surface area contributed by atoms with Gasteiger partial charge in [0.25, 0.3) is 5.91 Å². The summed E-state index contributed by atoms with van der Waals surface area (Å²) in [5, 5.41) is 11.4. The van der Waals surface area contributed by atoms with Crippen molar-refractivity contribution in [2.45, 2.75) is 39.3 Å². The lowest BCUT2D eigenvalue weighted by Crippen LogP contribution is -2.45. The number of piperazine rings is 1. The summed E-state index contributed by atoms with van der Waals surface area (Å²) in [6, 6.07) is 4.95. The van der Waals surface area contributed by atoms with Gasteiger partial charge in [0.05, 0.1) is 26.6 Å². The Morgan fingerprint density at radius 1 is 1.18 bits per heavy atom. The number of hydrogen-bond donors (Lipinski definition) is 4. The van der Waals surface area contributed by atoms with Crippen LogP contribution in [-0.4, -0.2) is 118 Å². The maximum Gasteiger partial charge on any atom is 0.407 e. The largest absolute Gasteiger partial charge is 0.453 e. The number of rotatable bonds is 14. The second-order valence-electron chi connectivity index (χ2n) is 12.5. The Labute approximate surface area is 286 Å². The van der Waals surface area contributed by atoms with Gasteiger partial charge in [-0.15, -0.1) is 6.58 Å². The van der Waals surface area contributed by atoms with E-state index in [4.69, 9.17) is 0 Å². The molecule has 1 saturated heterocycles. The molecular formula is C34H49F3N8O4. The van der Waals surface area contributed by atoms with Gasteiger partial charge < -0.3 is 35.8 Å². The lowest BCUT2D eigenvalue weighted by Gasteiger charge is -2.37. The molecule has 1 aromatic carbocycles. The molecule has 270 valence electrons. The number of alkyl carbamates (subject to hydrolysis) is 1. The third-order valence-corrected chi connectivity index (χ3v) is 8.57. The number of benzene rings is 1. The minimum absolute atomic E-state index is 0.105. The number of amides is 3. The molecule has 1 atom stereocenters. The summed E-state index contributed by atoms with van der Waals surface area (Å²) < 4.78 is 46.2. The van der Waals surface area contributed by atoms with Crippen molar-refractivity contribution in [2.75, 3.05) is 79.0 Å². The van der Waals surface area contributed by atoms with E-state index in [1.54, 1.807) is 38.2 Å². The molecule has 3 rings (SSSR count). The van der Waals surface area contributed by atoms with E-state index in [0.29, 0.717) is 29.5 Å². The van der Waals surface area contributed by atoms with Gasteiger partial charge in [0.2, 0.25) is 5.91 Å². The zero-order valence-electron chi connectivity index (χ0n) is 29.0. The average Bonchev–Trinajstić information content (AvgIpc) is 3.05. The number of carbonyl (C=O) groups is 3. The Morgan fingerprint density at radius 2 is 1.90 bits per heavy atom. The Morgan fingerprint density at radius 3 is 2.55 bits per heavy atom. The highest BCUT2D eigenvalue weighted by molar-refractivity contribution is 6.05. The Balaban J connectivity index is 1.68. The fraction of sp³-hybridized carbons (Fsp3) is 0.529. The van der Waals surface area contributed by atoms with E-state index in [0.717, 1.165) is 31.7 Å². The molecule has 2 aliphatic rings. The number of likely N-dealkylation sites (N-methyl/N-ethyl adjacent to an activating group) is 2. The van der Waals surface area contributed by atoms with Crippen LogP contribution >= 0.6 is 0 Å². The van der Waals surface area contributed by atoms with Crippen molar-refractivity contribution >= 4 is 29.4 Å². The highest BCUT2D eigenvalue weighted by Gasteiger charge is 2.41. The van der Waals surface area contributed by atoms with Gasteiger partial charge in [0.1, 0.15) is 12.5 Å². The molecule has 1 unspecified atom stereocenters. The predicted octanol–water partition coefficient (Wildman–Crippen LogP) is 3.85. The number of methoxy groups -OCH3 is 1. The molecule has 0 bridgehead atoms. The van der Waals surface area contributed by atoms with Crippen LogP contribution in [0.25, 0.3) is 0 Å². The maximum absolute atomic E-state index is 13.9. The number of amidine groups is 1. The number of nitrogens with one attached hydrogen (secondary N) is 4. The number of alkyl halides is 3. The van der Waals surface area contributed by atoms with Crippen molar-refractivity contribution in [3.05, 3.63) is 65.5 Å². The summed E-state index contributed by atoms with van der Waals surface area (Å²) in [7, 11) is 4.87. The lowest BCUT2D eigenvalue weighted by molar-refractivity contribution is -0.153. The Kier molecular flexibility index (Phi) is 14.2. The molecule has 3 amide bonds. The molecule has 2 aliphatic heterocycles. The number of aliphatic imine (C=N–C) groups is 1. The van der Waals surface area contributed by atoms with Crippen LogP contribution in [0.5, 0.6) is 0 Å². The third-order valence-electron chi connectivity index (χ3n) is 8.57. The minimum atomic E-state index is -4.41. The molecular weight excluding hydrogens is 641 g/mol. The fourth-order valence-corrected chi connectivity index (χ4v) is 5.73. The normalized spacial score (nSPS) is 17.1. The summed E-state index contributed by atoms with van der Waals surface area (Å²) >= 11 is 0. The number of ether oxygens (including phenoxy) is 1. The molecule has 0 aromatic heterocycles. The first-order valence-corrected chi connectivity index (χ1v) is 16.1. The van der Waals surface area contributed by atoms with Crippen LogP contribution in [-0.2, 0) is 9.53 Å². The summed E-state index contributed by atoms with van der Waals surface area (Å²) in [6.45, 7) is 11.2. The van der Waals surface area contributed by atoms with E-state index in [1.807, 2.05) is 14.0 Å². The van der Waals surface area contributed by atoms with Gasteiger partial charge in [-0.1, -0.05) is 18.2 Å². The quantitative estimate of drug-likeness (QED) is 0.217. The van der Waals surface area contributed by atoms with Gasteiger partial charge in [-0.05, 0) is 58.0 Å². The fourth-order valence-electron chi connectivity index (χ4n) is 5.73. The standard InChI is InChI=1S/C34H49F3N8O4/c1-7-10-33(22-34(35,36)37,11-12-45-15-13-43(4)14-16-45)19-25(3)42-31(47)26-9-8-24(2)28(17-26)38-21-30(46)44(5)29-18-27(40-23-41-29)20-39-32(48)49-6/h7-9,17-19,38,40H,1,10-16,20-23H2,2-6H3,(H,39,48)(H,42,47)/b25-19+. The smallest absolute Gasteiger partial charge is 0.407 e. The Bertz CT molecular complexity index is 1440.